The van der Waals surface area contributed by atoms with Crippen molar-refractivity contribution >= 4 is 10.8 Å². The van der Waals surface area contributed by atoms with E-state index in [4.69, 9.17) is 0 Å². The average molecular weight is 243 g/mol. The van der Waals surface area contributed by atoms with Crippen LogP contribution in [-0.2, 0) is 0 Å². The molecule has 2 aromatic rings. The Bertz CT molecular complexity index is 591. The Morgan fingerprint density at radius 3 is 2.61 bits per heavy atom. The van der Waals surface area contributed by atoms with Crippen LogP contribution in [0, 0.1) is 5.82 Å². The predicted octanol–water partition coefficient (Wildman–Crippen LogP) is 4.14. The number of rotatable bonds is 1. The molecule has 1 aliphatic carbocycles. The summed E-state index contributed by atoms with van der Waals surface area (Å²) in [4.78, 5) is 0. The van der Waals surface area contributed by atoms with Gasteiger partial charge in [0, 0.05) is 11.4 Å². The van der Waals surface area contributed by atoms with Crippen molar-refractivity contribution in [1.82, 2.24) is 5.32 Å². The Kier molecular flexibility index (Phi) is 2.83. The van der Waals surface area contributed by atoms with Crippen molar-refractivity contribution in [2.24, 2.45) is 0 Å². The fourth-order valence-corrected chi connectivity index (χ4v) is 3.23. The summed E-state index contributed by atoms with van der Waals surface area (Å²) in [6.45, 7) is 2.25. The molecule has 0 radical (unpaired) electrons. The van der Waals surface area contributed by atoms with Gasteiger partial charge in [-0.2, -0.15) is 0 Å². The molecule has 1 nitrogen and oxygen atoms in total. The summed E-state index contributed by atoms with van der Waals surface area (Å²) < 4.78 is 14.2. The van der Waals surface area contributed by atoms with E-state index < -0.39 is 0 Å². The van der Waals surface area contributed by atoms with Crippen molar-refractivity contribution in [2.75, 3.05) is 7.05 Å². The normalized spacial score (nSPS) is 23.1. The second-order valence-electron chi connectivity index (χ2n) is 5.23. The largest absolute Gasteiger partial charge is 0.313 e. The van der Waals surface area contributed by atoms with Crippen molar-refractivity contribution in [3.8, 4) is 0 Å². The molecule has 0 spiro atoms. The number of benzene rings is 2. The van der Waals surface area contributed by atoms with Crippen molar-refractivity contribution in [2.45, 2.75) is 31.7 Å². The third kappa shape index (κ3) is 1.64. The van der Waals surface area contributed by atoms with Crippen LogP contribution in [0.15, 0.2) is 30.3 Å². The third-order valence-electron chi connectivity index (χ3n) is 4.17. The highest BCUT2D eigenvalue weighted by Gasteiger charge is 2.26. The molecule has 0 saturated heterocycles. The first kappa shape index (κ1) is 11.7. The highest BCUT2D eigenvalue weighted by atomic mass is 19.1. The van der Waals surface area contributed by atoms with E-state index in [2.05, 4.69) is 12.2 Å². The first-order chi connectivity index (χ1) is 8.72. The summed E-state index contributed by atoms with van der Waals surface area (Å²) in [7, 11) is 1.96. The van der Waals surface area contributed by atoms with E-state index in [1.54, 1.807) is 6.07 Å². The van der Waals surface area contributed by atoms with Crippen LogP contribution >= 0.6 is 0 Å². The SMILES string of the molecule is CNC1CCC(C)c2c1cc(F)c1ccccc21. The summed E-state index contributed by atoms with van der Waals surface area (Å²) in [6, 6.07) is 9.84. The second-order valence-corrected chi connectivity index (χ2v) is 5.23. The first-order valence-corrected chi connectivity index (χ1v) is 6.60. The standard InChI is InChI=1S/C16H18FN/c1-10-7-8-15(18-2)13-9-14(17)11-5-3-4-6-12(11)16(10)13/h3-6,9-10,15,18H,7-8H2,1-2H3. The van der Waals surface area contributed by atoms with Crippen LogP contribution in [0.4, 0.5) is 4.39 Å². The summed E-state index contributed by atoms with van der Waals surface area (Å²) >= 11 is 0. The van der Waals surface area contributed by atoms with Crippen LogP contribution in [0.25, 0.3) is 10.8 Å². The van der Waals surface area contributed by atoms with Crippen LogP contribution in [0.3, 0.4) is 0 Å². The number of hydrogen-bond donors (Lipinski definition) is 1. The molecule has 1 aliphatic rings. The molecule has 2 unspecified atom stereocenters. The molecule has 1 N–H and O–H groups in total. The van der Waals surface area contributed by atoms with Gasteiger partial charge in [-0.1, -0.05) is 31.2 Å². The van der Waals surface area contributed by atoms with Crippen molar-refractivity contribution in [1.29, 1.82) is 0 Å². The third-order valence-corrected chi connectivity index (χ3v) is 4.17. The molecule has 0 aliphatic heterocycles. The lowest BCUT2D eigenvalue weighted by molar-refractivity contribution is 0.459. The van der Waals surface area contributed by atoms with Gasteiger partial charge in [-0.15, -0.1) is 0 Å². The van der Waals surface area contributed by atoms with Gasteiger partial charge in [-0.05, 0) is 48.4 Å². The van der Waals surface area contributed by atoms with Crippen LogP contribution in [0.2, 0.25) is 0 Å². The summed E-state index contributed by atoms with van der Waals surface area (Å²) in [5.41, 5.74) is 2.48. The Balaban J connectivity index is 2.35. The van der Waals surface area contributed by atoms with Gasteiger partial charge in [0.15, 0.2) is 0 Å². The zero-order chi connectivity index (χ0) is 12.7. The maximum atomic E-state index is 14.2. The minimum absolute atomic E-state index is 0.0984. The van der Waals surface area contributed by atoms with E-state index in [-0.39, 0.29) is 11.9 Å². The molecular formula is C16H18FN. The van der Waals surface area contributed by atoms with E-state index in [0.717, 1.165) is 29.2 Å². The zero-order valence-electron chi connectivity index (χ0n) is 10.8. The van der Waals surface area contributed by atoms with Crippen LogP contribution in [0.1, 0.15) is 42.9 Å². The number of nitrogens with one attached hydrogen (secondary N) is 1. The van der Waals surface area contributed by atoms with Gasteiger partial charge in [-0.25, -0.2) is 4.39 Å². The molecule has 2 atom stereocenters. The lowest BCUT2D eigenvalue weighted by Crippen LogP contribution is -2.23. The molecule has 94 valence electrons. The summed E-state index contributed by atoms with van der Waals surface area (Å²) in [5.74, 6) is 0.411. The Morgan fingerprint density at radius 1 is 1.17 bits per heavy atom. The topological polar surface area (TPSA) is 12.0 Å². The highest BCUT2D eigenvalue weighted by Crippen LogP contribution is 2.41. The number of hydrogen-bond acceptors (Lipinski definition) is 1. The van der Waals surface area contributed by atoms with Crippen LogP contribution < -0.4 is 5.32 Å². The predicted molar refractivity (Wildman–Crippen MR) is 73.4 cm³/mol. The second kappa shape index (κ2) is 4.36. The lowest BCUT2D eigenvalue weighted by atomic mass is 9.78. The Hall–Kier alpha value is -1.41. The molecule has 0 bridgehead atoms. The van der Waals surface area contributed by atoms with Crippen molar-refractivity contribution in [3.63, 3.8) is 0 Å². The Morgan fingerprint density at radius 2 is 1.89 bits per heavy atom. The van der Waals surface area contributed by atoms with E-state index >= 15 is 0 Å². The fourth-order valence-electron chi connectivity index (χ4n) is 3.23. The fraction of sp³-hybridized carbons (Fsp3) is 0.375. The first-order valence-electron chi connectivity index (χ1n) is 6.60. The average Bonchev–Trinajstić information content (AvgIpc) is 2.39. The number of fused-ring (bicyclic) bond motifs is 3. The molecule has 0 saturated carbocycles. The molecule has 18 heavy (non-hydrogen) atoms. The van der Waals surface area contributed by atoms with Gasteiger partial charge in [-0.3, -0.25) is 0 Å². The molecule has 2 heteroatoms. The monoisotopic (exact) mass is 243 g/mol. The summed E-state index contributed by atoms with van der Waals surface area (Å²) in [6.07, 6.45) is 2.25. The molecular weight excluding hydrogens is 225 g/mol. The van der Waals surface area contributed by atoms with Crippen LogP contribution in [0.5, 0.6) is 0 Å². The minimum atomic E-state index is -0.0984. The molecule has 3 rings (SSSR count). The van der Waals surface area contributed by atoms with E-state index in [1.807, 2.05) is 31.3 Å². The van der Waals surface area contributed by atoms with E-state index in [1.165, 1.54) is 5.56 Å². The molecule has 2 aromatic carbocycles. The zero-order valence-corrected chi connectivity index (χ0v) is 10.8. The highest BCUT2D eigenvalue weighted by molar-refractivity contribution is 5.88. The Labute approximate surface area is 107 Å². The van der Waals surface area contributed by atoms with Gasteiger partial charge in [0.05, 0.1) is 0 Å². The van der Waals surface area contributed by atoms with Gasteiger partial charge in [0.25, 0.3) is 0 Å². The minimum Gasteiger partial charge on any atom is -0.313 e. The molecule has 0 fully saturated rings. The lowest BCUT2D eigenvalue weighted by Gasteiger charge is -2.31. The van der Waals surface area contributed by atoms with Gasteiger partial charge < -0.3 is 5.32 Å². The van der Waals surface area contributed by atoms with Crippen molar-refractivity contribution < 1.29 is 4.39 Å². The van der Waals surface area contributed by atoms with E-state index in [9.17, 15) is 4.39 Å². The molecule has 0 aromatic heterocycles. The van der Waals surface area contributed by atoms with Crippen LogP contribution in [-0.4, -0.2) is 7.05 Å². The van der Waals surface area contributed by atoms with Gasteiger partial charge in [0.2, 0.25) is 0 Å². The quantitative estimate of drug-likeness (QED) is 0.793. The maximum absolute atomic E-state index is 14.2. The molecule has 0 amide bonds. The van der Waals surface area contributed by atoms with E-state index in [0.29, 0.717) is 5.92 Å². The number of halogens is 1. The van der Waals surface area contributed by atoms with Crippen molar-refractivity contribution in [3.05, 3.63) is 47.3 Å². The van der Waals surface area contributed by atoms with Gasteiger partial charge in [0.1, 0.15) is 5.82 Å². The maximum Gasteiger partial charge on any atom is 0.131 e. The summed E-state index contributed by atoms with van der Waals surface area (Å²) in [5, 5.41) is 5.14. The molecule has 0 heterocycles. The smallest absolute Gasteiger partial charge is 0.131 e. The van der Waals surface area contributed by atoms with Gasteiger partial charge >= 0.3 is 0 Å².